The van der Waals surface area contributed by atoms with Gasteiger partial charge in [-0.2, -0.15) is 0 Å². The van der Waals surface area contributed by atoms with Gasteiger partial charge in [0.1, 0.15) is 6.54 Å². The highest BCUT2D eigenvalue weighted by atomic mass is 79.9. The number of para-hydroxylation sites is 2. The molecule has 0 spiro atoms. The molecule has 3 heteroatoms. The smallest absolute Gasteiger partial charge is 0.225 e. The van der Waals surface area contributed by atoms with Gasteiger partial charge in [0.2, 0.25) is 6.33 Å². The number of hydrogen-bond donors (Lipinski definition) is 0. The maximum atomic E-state index is 3.86. The first-order chi connectivity index (χ1) is 9.28. The molecular formula is C16H14BrN2+. The Bertz CT molecular complexity index is 726. The summed E-state index contributed by atoms with van der Waals surface area (Å²) in [5.74, 6) is 0. The van der Waals surface area contributed by atoms with Crippen LogP contribution >= 0.6 is 15.9 Å². The zero-order valence-corrected chi connectivity index (χ0v) is 12.0. The largest absolute Gasteiger partial charge is 0.249 e. The van der Waals surface area contributed by atoms with Gasteiger partial charge in [-0.3, -0.25) is 0 Å². The molecule has 0 bridgehead atoms. The Kier molecular flexibility index (Phi) is 3.22. The third-order valence-corrected chi connectivity index (χ3v) is 3.72. The van der Waals surface area contributed by atoms with Gasteiger partial charge >= 0.3 is 0 Å². The normalized spacial score (nSPS) is 10.8. The standard InChI is InChI=1S/C16H14BrN2/c1-2-18-12-19(16-6-4-3-5-15(16)18)11-13-7-9-14(17)10-8-13/h2-10,12H,1,11H2/q+1. The first-order valence-corrected chi connectivity index (χ1v) is 6.93. The van der Waals surface area contributed by atoms with E-state index in [0.29, 0.717) is 0 Å². The highest BCUT2D eigenvalue weighted by molar-refractivity contribution is 9.10. The van der Waals surface area contributed by atoms with E-state index in [2.05, 4.69) is 75.9 Å². The lowest BCUT2D eigenvalue weighted by atomic mass is 10.2. The summed E-state index contributed by atoms with van der Waals surface area (Å²) in [6, 6.07) is 16.8. The van der Waals surface area contributed by atoms with Crippen LogP contribution in [0.3, 0.4) is 0 Å². The van der Waals surface area contributed by atoms with Crippen LogP contribution in [0.15, 0.2) is 65.9 Å². The van der Waals surface area contributed by atoms with Crippen molar-refractivity contribution < 1.29 is 4.57 Å². The zero-order valence-electron chi connectivity index (χ0n) is 10.5. The second-order valence-electron chi connectivity index (χ2n) is 4.45. The summed E-state index contributed by atoms with van der Waals surface area (Å²) >= 11 is 3.46. The van der Waals surface area contributed by atoms with Gasteiger partial charge in [-0.15, -0.1) is 0 Å². The quantitative estimate of drug-likeness (QED) is 0.650. The number of halogens is 1. The number of nitrogens with zero attached hydrogens (tertiary/aromatic N) is 2. The van der Waals surface area contributed by atoms with Crippen LogP contribution in [0.5, 0.6) is 0 Å². The van der Waals surface area contributed by atoms with Crippen molar-refractivity contribution >= 4 is 33.2 Å². The molecule has 0 aliphatic carbocycles. The fraction of sp³-hybridized carbons (Fsp3) is 0.0625. The van der Waals surface area contributed by atoms with Crippen molar-refractivity contribution in [3.05, 3.63) is 71.5 Å². The van der Waals surface area contributed by atoms with E-state index >= 15 is 0 Å². The van der Waals surface area contributed by atoms with Crippen molar-refractivity contribution in [1.82, 2.24) is 4.57 Å². The molecule has 0 saturated carbocycles. The van der Waals surface area contributed by atoms with Gasteiger partial charge in [0, 0.05) is 4.47 Å². The van der Waals surface area contributed by atoms with Crippen molar-refractivity contribution in [3.63, 3.8) is 0 Å². The van der Waals surface area contributed by atoms with Gasteiger partial charge in [0.05, 0.1) is 6.20 Å². The average molecular weight is 314 g/mol. The number of fused-ring (bicyclic) bond motifs is 1. The maximum absolute atomic E-state index is 3.86. The number of hydrogen-bond acceptors (Lipinski definition) is 0. The Labute approximate surface area is 120 Å². The van der Waals surface area contributed by atoms with Crippen LogP contribution in [0.1, 0.15) is 5.56 Å². The molecule has 19 heavy (non-hydrogen) atoms. The van der Waals surface area contributed by atoms with E-state index in [1.54, 1.807) is 0 Å². The number of benzene rings is 2. The lowest BCUT2D eigenvalue weighted by molar-refractivity contribution is -0.662. The van der Waals surface area contributed by atoms with Crippen molar-refractivity contribution in [1.29, 1.82) is 0 Å². The Morgan fingerprint density at radius 2 is 1.84 bits per heavy atom. The molecule has 2 nitrogen and oxygen atoms in total. The van der Waals surface area contributed by atoms with Gasteiger partial charge in [0.25, 0.3) is 0 Å². The predicted octanol–water partition coefficient (Wildman–Crippen LogP) is 3.84. The third-order valence-electron chi connectivity index (χ3n) is 3.20. The summed E-state index contributed by atoms with van der Waals surface area (Å²) in [6.07, 6.45) is 3.92. The van der Waals surface area contributed by atoms with E-state index in [9.17, 15) is 0 Å². The lowest BCUT2D eigenvalue weighted by Gasteiger charge is -1.99. The number of rotatable bonds is 3. The molecule has 0 aliphatic rings. The van der Waals surface area contributed by atoms with Crippen LogP contribution in [-0.4, -0.2) is 4.57 Å². The van der Waals surface area contributed by atoms with Crippen molar-refractivity contribution in [3.8, 4) is 0 Å². The summed E-state index contributed by atoms with van der Waals surface area (Å²) in [6.45, 7) is 4.71. The first-order valence-electron chi connectivity index (χ1n) is 6.14. The molecule has 0 fully saturated rings. The Morgan fingerprint density at radius 3 is 2.58 bits per heavy atom. The van der Waals surface area contributed by atoms with Crippen LogP contribution in [0.4, 0.5) is 0 Å². The van der Waals surface area contributed by atoms with Crippen molar-refractivity contribution in [2.24, 2.45) is 0 Å². The van der Waals surface area contributed by atoms with Crippen LogP contribution in [0.25, 0.3) is 17.2 Å². The molecule has 3 rings (SSSR count). The van der Waals surface area contributed by atoms with Gasteiger partial charge in [-0.25, -0.2) is 9.13 Å². The summed E-state index contributed by atoms with van der Waals surface area (Å²) in [5, 5.41) is 0. The van der Waals surface area contributed by atoms with Gasteiger partial charge in [-0.05, 0) is 29.8 Å². The zero-order chi connectivity index (χ0) is 13.2. The molecule has 0 N–H and O–H groups in total. The molecule has 0 aliphatic heterocycles. The predicted molar refractivity (Wildman–Crippen MR) is 81.8 cm³/mol. The molecule has 94 valence electrons. The highest BCUT2D eigenvalue weighted by Gasteiger charge is 2.13. The van der Waals surface area contributed by atoms with E-state index in [1.165, 1.54) is 16.6 Å². The van der Waals surface area contributed by atoms with Gasteiger partial charge in [-0.1, -0.05) is 46.8 Å². The molecule has 0 amide bonds. The van der Waals surface area contributed by atoms with E-state index in [4.69, 9.17) is 0 Å². The average Bonchev–Trinajstić information content (AvgIpc) is 2.80. The van der Waals surface area contributed by atoms with Crippen LogP contribution in [0.2, 0.25) is 0 Å². The minimum Gasteiger partial charge on any atom is -0.225 e. The molecule has 0 atom stereocenters. The highest BCUT2D eigenvalue weighted by Crippen LogP contribution is 2.13. The lowest BCUT2D eigenvalue weighted by Crippen LogP contribution is -2.32. The number of imidazole rings is 1. The summed E-state index contributed by atoms with van der Waals surface area (Å²) in [5.41, 5.74) is 3.67. The van der Waals surface area contributed by atoms with Gasteiger partial charge in [0.15, 0.2) is 11.0 Å². The SMILES string of the molecule is C=Cn1c[n+](Cc2ccc(Br)cc2)c2ccccc21. The molecule has 1 heterocycles. The minimum absolute atomic E-state index is 0.856. The Hall–Kier alpha value is -1.87. The summed E-state index contributed by atoms with van der Waals surface area (Å²) in [7, 11) is 0. The minimum atomic E-state index is 0.856. The van der Waals surface area contributed by atoms with Gasteiger partial charge < -0.3 is 0 Å². The molecule has 0 saturated heterocycles. The second kappa shape index (κ2) is 5.02. The third kappa shape index (κ3) is 2.34. The molecule has 0 radical (unpaired) electrons. The first kappa shape index (κ1) is 12.2. The van der Waals surface area contributed by atoms with Crippen LogP contribution in [-0.2, 0) is 6.54 Å². The molecule has 3 aromatic rings. The maximum Gasteiger partial charge on any atom is 0.249 e. The Balaban J connectivity index is 2.05. The molecule has 2 aromatic carbocycles. The van der Waals surface area contributed by atoms with Crippen LogP contribution < -0.4 is 4.57 Å². The number of aromatic nitrogens is 2. The monoisotopic (exact) mass is 313 g/mol. The molecule has 0 unspecified atom stereocenters. The summed E-state index contributed by atoms with van der Waals surface area (Å²) < 4.78 is 5.39. The Morgan fingerprint density at radius 1 is 1.11 bits per heavy atom. The van der Waals surface area contributed by atoms with E-state index < -0.39 is 0 Å². The van der Waals surface area contributed by atoms with E-state index in [1.807, 2.05) is 16.8 Å². The van der Waals surface area contributed by atoms with E-state index in [-0.39, 0.29) is 0 Å². The fourth-order valence-electron chi connectivity index (χ4n) is 2.26. The van der Waals surface area contributed by atoms with Crippen LogP contribution in [0, 0.1) is 0 Å². The van der Waals surface area contributed by atoms with Crippen molar-refractivity contribution in [2.75, 3.05) is 0 Å². The summed E-state index contributed by atoms with van der Waals surface area (Å²) in [4.78, 5) is 0. The second-order valence-corrected chi connectivity index (χ2v) is 5.36. The molecule has 1 aromatic heterocycles. The van der Waals surface area contributed by atoms with Crippen molar-refractivity contribution in [2.45, 2.75) is 6.54 Å². The topological polar surface area (TPSA) is 8.81 Å². The molecular weight excluding hydrogens is 300 g/mol. The fourth-order valence-corrected chi connectivity index (χ4v) is 2.52. The van der Waals surface area contributed by atoms with E-state index in [0.717, 1.165) is 11.0 Å².